The second-order valence-electron chi connectivity index (χ2n) is 7.05. The summed E-state index contributed by atoms with van der Waals surface area (Å²) in [7, 11) is 0. The molecule has 2 amide bonds. The first-order chi connectivity index (χ1) is 14.4. The molecule has 0 saturated heterocycles. The molecule has 0 spiro atoms. The molecule has 2 aromatic rings. The molecular formula is C23H28ClFN2O2S. The minimum atomic E-state index is -0.614. The molecule has 0 aliphatic rings. The van der Waals surface area contributed by atoms with Crippen molar-refractivity contribution < 1.29 is 14.0 Å². The fourth-order valence-corrected chi connectivity index (χ4v) is 3.91. The van der Waals surface area contributed by atoms with Crippen LogP contribution in [0.3, 0.4) is 0 Å². The SMILES string of the molecule is CCCCNC(=O)C(C)N(Cc1ccccc1Cl)C(=O)CSCc1ccc(F)cc1. The van der Waals surface area contributed by atoms with Gasteiger partial charge in [-0.3, -0.25) is 9.59 Å². The van der Waals surface area contributed by atoms with Crippen LogP contribution in [-0.4, -0.2) is 35.1 Å². The molecule has 162 valence electrons. The normalized spacial score (nSPS) is 11.7. The maximum atomic E-state index is 13.0. The lowest BCUT2D eigenvalue weighted by molar-refractivity contribution is -0.138. The van der Waals surface area contributed by atoms with E-state index in [1.54, 1.807) is 30.0 Å². The zero-order valence-corrected chi connectivity index (χ0v) is 18.9. The van der Waals surface area contributed by atoms with Crippen LogP contribution in [0.1, 0.15) is 37.8 Å². The molecule has 30 heavy (non-hydrogen) atoms. The summed E-state index contributed by atoms with van der Waals surface area (Å²) in [5.41, 5.74) is 1.74. The Kier molecular flexibility index (Phi) is 10.2. The standard InChI is InChI=1S/C23H28ClFN2O2S/c1-3-4-13-26-23(29)17(2)27(14-19-7-5-6-8-21(19)24)22(28)16-30-15-18-9-11-20(25)12-10-18/h5-12,17H,3-4,13-16H2,1-2H3,(H,26,29). The average Bonchev–Trinajstić information content (AvgIpc) is 2.74. The molecule has 1 unspecified atom stereocenters. The highest BCUT2D eigenvalue weighted by atomic mass is 35.5. The lowest BCUT2D eigenvalue weighted by Gasteiger charge is -2.29. The van der Waals surface area contributed by atoms with E-state index in [2.05, 4.69) is 12.2 Å². The first-order valence-corrected chi connectivity index (χ1v) is 11.6. The Bertz CT molecular complexity index is 832. The fraction of sp³-hybridized carbons (Fsp3) is 0.391. The Morgan fingerprint density at radius 1 is 1.17 bits per heavy atom. The van der Waals surface area contributed by atoms with Gasteiger partial charge in [0.25, 0.3) is 0 Å². The maximum Gasteiger partial charge on any atom is 0.242 e. The molecule has 0 heterocycles. The number of hydrogen-bond donors (Lipinski definition) is 1. The average molecular weight is 451 g/mol. The lowest BCUT2D eigenvalue weighted by atomic mass is 10.1. The molecule has 7 heteroatoms. The summed E-state index contributed by atoms with van der Waals surface area (Å²) in [5, 5.41) is 3.46. The predicted molar refractivity (Wildman–Crippen MR) is 122 cm³/mol. The van der Waals surface area contributed by atoms with Crippen LogP contribution in [0.2, 0.25) is 5.02 Å². The number of nitrogens with one attached hydrogen (secondary N) is 1. The van der Waals surface area contributed by atoms with Gasteiger partial charge in [-0.15, -0.1) is 11.8 Å². The van der Waals surface area contributed by atoms with E-state index in [9.17, 15) is 14.0 Å². The van der Waals surface area contributed by atoms with Crippen molar-refractivity contribution in [1.82, 2.24) is 10.2 Å². The van der Waals surface area contributed by atoms with Crippen molar-refractivity contribution in [2.24, 2.45) is 0 Å². The molecule has 0 aromatic heterocycles. The first kappa shape index (κ1) is 24.2. The van der Waals surface area contributed by atoms with E-state index in [4.69, 9.17) is 11.6 Å². The van der Waals surface area contributed by atoms with Crippen LogP contribution in [0.5, 0.6) is 0 Å². The van der Waals surface area contributed by atoms with Gasteiger partial charge >= 0.3 is 0 Å². The zero-order valence-electron chi connectivity index (χ0n) is 17.4. The molecule has 2 rings (SSSR count). The van der Waals surface area contributed by atoms with E-state index < -0.39 is 6.04 Å². The summed E-state index contributed by atoms with van der Waals surface area (Å²) in [4.78, 5) is 27.2. The fourth-order valence-electron chi connectivity index (χ4n) is 2.85. The van der Waals surface area contributed by atoms with Crippen molar-refractivity contribution in [2.45, 2.75) is 45.0 Å². The topological polar surface area (TPSA) is 49.4 Å². The summed E-state index contributed by atoms with van der Waals surface area (Å²) in [6.07, 6.45) is 1.88. The third-order valence-corrected chi connectivity index (χ3v) is 6.06. The van der Waals surface area contributed by atoms with Crippen molar-refractivity contribution in [3.05, 3.63) is 70.5 Å². The molecule has 0 fully saturated rings. The van der Waals surface area contributed by atoms with Gasteiger partial charge in [0.2, 0.25) is 11.8 Å². The highest BCUT2D eigenvalue weighted by molar-refractivity contribution is 7.99. The minimum Gasteiger partial charge on any atom is -0.354 e. The van der Waals surface area contributed by atoms with Gasteiger partial charge in [0.05, 0.1) is 5.75 Å². The minimum absolute atomic E-state index is 0.139. The summed E-state index contributed by atoms with van der Waals surface area (Å²) < 4.78 is 13.0. The van der Waals surface area contributed by atoms with Crippen LogP contribution in [-0.2, 0) is 21.9 Å². The number of unbranched alkanes of at least 4 members (excludes halogenated alkanes) is 1. The van der Waals surface area contributed by atoms with Crippen molar-refractivity contribution in [1.29, 1.82) is 0 Å². The van der Waals surface area contributed by atoms with Gasteiger partial charge in [0, 0.05) is 23.9 Å². The van der Waals surface area contributed by atoms with Crippen molar-refractivity contribution >= 4 is 35.2 Å². The predicted octanol–water partition coefficient (Wildman–Crippen LogP) is 5.05. The monoisotopic (exact) mass is 450 g/mol. The summed E-state index contributed by atoms with van der Waals surface area (Å²) in [6, 6.07) is 12.9. The summed E-state index contributed by atoms with van der Waals surface area (Å²) >= 11 is 7.72. The highest BCUT2D eigenvalue weighted by Crippen LogP contribution is 2.20. The van der Waals surface area contributed by atoms with Crippen LogP contribution < -0.4 is 5.32 Å². The van der Waals surface area contributed by atoms with E-state index in [1.165, 1.54) is 23.9 Å². The van der Waals surface area contributed by atoms with Crippen LogP contribution in [0.15, 0.2) is 48.5 Å². The number of halogens is 2. The van der Waals surface area contributed by atoms with E-state index in [-0.39, 0.29) is 29.9 Å². The molecular weight excluding hydrogens is 423 g/mol. The van der Waals surface area contributed by atoms with Crippen molar-refractivity contribution in [2.75, 3.05) is 12.3 Å². The van der Waals surface area contributed by atoms with E-state index in [0.717, 1.165) is 24.0 Å². The molecule has 2 aromatic carbocycles. The van der Waals surface area contributed by atoms with Crippen molar-refractivity contribution in [3.8, 4) is 0 Å². The van der Waals surface area contributed by atoms with Crippen LogP contribution >= 0.6 is 23.4 Å². The number of benzene rings is 2. The highest BCUT2D eigenvalue weighted by Gasteiger charge is 2.26. The zero-order chi connectivity index (χ0) is 21.9. The second kappa shape index (κ2) is 12.6. The Morgan fingerprint density at radius 2 is 1.87 bits per heavy atom. The van der Waals surface area contributed by atoms with Gasteiger partial charge in [-0.2, -0.15) is 0 Å². The quantitative estimate of drug-likeness (QED) is 0.487. The van der Waals surface area contributed by atoms with Gasteiger partial charge in [0.15, 0.2) is 0 Å². The molecule has 0 saturated carbocycles. The number of carbonyl (C=O) groups excluding carboxylic acids is 2. The van der Waals surface area contributed by atoms with Crippen LogP contribution in [0, 0.1) is 5.82 Å². The molecule has 4 nitrogen and oxygen atoms in total. The molecule has 0 radical (unpaired) electrons. The third kappa shape index (κ3) is 7.65. The smallest absolute Gasteiger partial charge is 0.242 e. The molecule has 0 bridgehead atoms. The van der Waals surface area contributed by atoms with Gasteiger partial charge in [-0.05, 0) is 42.7 Å². The summed E-state index contributed by atoms with van der Waals surface area (Å²) in [6.45, 7) is 4.65. The number of nitrogens with zero attached hydrogens (tertiary/aromatic N) is 1. The number of hydrogen-bond acceptors (Lipinski definition) is 3. The van der Waals surface area contributed by atoms with Gasteiger partial charge in [-0.25, -0.2) is 4.39 Å². The Morgan fingerprint density at radius 3 is 2.53 bits per heavy atom. The molecule has 1 N–H and O–H groups in total. The van der Waals surface area contributed by atoms with E-state index >= 15 is 0 Å². The van der Waals surface area contributed by atoms with Crippen molar-refractivity contribution in [3.63, 3.8) is 0 Å². The Hall–Kier alpha value is -2.05. The third-order valence-electron chi connectivity index (χ3n) is 4.70. The van der Waals surface area contributed by atoms with Gasteiger partial charge in [-0.1, -0.05) is 55.3 Å². The second-order valence-corrected chi connectivity index (χ2v) is 8.45. The number of amides is 2. The largest absolute Gasteiger partial charge is 0.354 e. The first-order valence-electron chi connectivity index (χ1n) is 10.0. The Labute approximate surface area is 187 Å². The van der Waals surface area contributed by atoms with E-state index in [0.29, 0.717) is 17.3 Å². The lowest BCUT2D eigenvalue weighted by Crippen LogP contribution is -2.48. The van der Waals surface area contributed by atoms with Crippen LogP contribution in [0.25, 0.3) is 0 Å². The van der Waals surface area contributed by atoms with Crippen LogP contribution in [0.4, 0.5) is 4.39 Å². The van der Waals surface area contributed by atoms with Gasteiger partial charge in [0.1, 0.15) is 11.9 Å². The van der Waals surface area contributed by atoms with E-state index in [1.807, 2.05) is 18.2 Å². The van der Waals surface area contributed by atoms with Gasteiger partial charge < -0.3 is 10.2 Å². The Balaban J connectivity index is 2.04. The molecule has 0 aliphatic heterocycles. The number of thioether (sulfide) groups is 1. The number of carbonyl (C=O) groups is 2. The number of rotatable bonds is 11. The maximum absolute atomic E-state index is 13.0. The summed E-state index contributed by atoms with van der Waals surface area (Å²) in [5.74, 6) is 0.207. The molecule has 0 aliphatic carbocycles. The molecule has 1 atom stereocenters.